The molecule has 3 heteroatoms. The molecule has 4 rings (SSSR count). The standard InChI is InChI=1S/C18H24O3/c1-18-7-6-13-12-5-3-11(19)8-10(12)2-4-14(13)15(18)9-16(20)17(18)21/h3,5,8,13-17,19-21H,2,4,6-7,9H2,1H3/t13-,14+,15-,16+,17+,18+/m0/s1. The van der Waals surface area contributed by atoms with Crippen LogP contribution < -0.4 is 0 Å². The van der Waals surface area contributed by atoms with E-state index in [1.165, 1.54) is 11.1 Å². The number of hydrogen-bond acceptors (Lipinski definition) is 3. The number of aliphatic hydroxyl groups excluding tert-OH is 2. The minimum Gasteiger partial charge on any atom is -0.508 e. The molecule has 0 amide bonds. The van der Waals surface area contributed by atoms with Crippen LogP contribution in [-0.4, -0.2) is 27.5 Å². The van der Waals surface area contributed by atoms with Crippen molar-refractivity contribution < 1.29 is 15.3 Å². The summed E-state index contributed by atoms with van der Waals surface area (Å²) in [7, 11) is 0. The molecular formula is C18H24O3. The second kappa shape index (κ2) is 4.47. The Hall–Kier alpha value is -1.06. The van der Waals surface area contributed by atoms with Gasteiger partial charge >= 0.3 is 0 Å². The number of phenolic OH excluding ortho intramolecular Hbond substituents is 1. The average molecular weight is 288 g/mol. The third-order valence-electron chi connectivity index (χ3n) is 6.68. The van der Waals surface area contributed by atoms with Gasteiger partial charge in [0.1, 0.15) is 5.75 Å². The van der Waals surface area contributed by atoms with Gasteiger partial charge in [0.15, 0.2) is 0 Å². The zero-order valence-electron chi connectivity index (χ0n) is 12.5. The fourth-order valence-electron chi connectivity index (χ4n) is 5.56. The highest BCUT2D eigenvalue weighted by Crippen LogP contribution is 2.60. The smallest absolute Gasteiger partial charge is 0.115 e. The van der Waals surface area contributed by atoms with Crippen LogP contribution in [0.5, 0.6) is 5.75 Å². The van der Waals surface area contributed by atoms with Crippen LogP contribution in [0, 0.1) is 17.3 Å². The van der Waals surface area contributed by atoms with Gasteiger partial charge in [-0.1, -0.05) is 13.0 Å². The number of aliphatic hydroxyl groups is 2. The predicted octanol–water partition coefficient (Wildman–Crippen LogP) is 2.58. The second-order valence-corrected chi connectivity index (χ2v) is 7.59. The molecule has 6 atom stereocenters. The van der Waals surface area contributed by atoms with E-state index in [9.17, 15) is 15.3 Å². The number of benzene rings is 1. The first-order valence-corrected chi connectivity index (χ1v) is 8.18. The molecule has 21 heavy (non-hydrogen) atoms. The van der Waals surface area contributed by atoms with E-state index in [4.69, 9.17) is 0 Å². The van der Waals surface area contributed by atoms with Crippen molar-refractivity contribution in [2.24, 2.45) is 17.3 Å². The number of rotatable bonds is 0. The third-order valence-corrected chi connectivity index (χ3v) is 6.68. The van der Waals surface area contributed by atoms with E-state index in [0.29, 0.717) is 23.5 Å². The number of aryl methyl sites for hydroxylation is 1. The summed E-state index contributed by atoms with van der Waals surface area (Å²) in [6.45, 7) is 2.17. The Balaban J connectivity index is 1.71. The van der Waals surface area contributed by atoms with Crippen molar-refractivity contribution in [2.75, 3.05) is 0 Å². The molecule has 2 fully saturated rings. The molecule has 3 nitrogen and oxygen atoms in total. The first-order valence-electron chi connectivity index (χ1n) is 8.18. The number of aromatic hydroxyl groups is 1. The van der Waals surface area contributed by atoms with Crippen molar-refractivity contribution in [3.05, 3.63) is 29.3 Å². The van der Waals surface area contributed by atoms with Crippen LogP contribution in [0.2, 0.25) is 0 Å². The van der Waals surface area contributed by atoms with Crippen LogP contribution in [0.3, 0.4) is 0 Å². The van der Waals surface area contributed by atoms with E-state index in [2.05, 4.69) is 13.0 Å². The lowest BCUT2D eigenvalue weighted by Crippen LogP contribution is -2.44. The molecule has 3 aliphatic carbocycles. The van der Waals surface area contributed by atoms with Crippen LogP contribution in [0.15, 0.2) is 18.2 Å². The Morgan fingerprint density at radius 3 is 2.81 bits per heavy atom. The van der Waals surface area contributed by atoms with Crippen molar-refractivity contribution in [2.45, 2.75) is 57.2 Å². The van der Waals surface area contributed by atoms with Gasteiger partial charge in [-0.15, -0.1) is 0 Å². The molecule has 2 saturated carbocycles. The van der Waals surface area contributed by atoms with Gasteiger partial charge in [-0.3, -0.25) is 0 Å². The van der Waals surface area contributed by atoms with Crippen molar-refractivity contribution >= 4 is 0 Å². The number of hydrogen-bond donors (Lipinski definition) is 3. The molecule has 0 aromatic heterocycles. The fraction of sp³-hybridized carbons (Fsp3) is 0.667. The van der Waals surface area contributed by atoms with Gasteiger partial charge in [0.25, 0.3) is 0 Å². The van der Waals surface area contributed by atoms with Crippen LogP contribution in [0.1, 0.15) is 49.7 Å². The summed E-state index contributed by atoms with van der Waals surface area (Å²) in [6.07, 6.45) is 3.80. The highest BCUT2D eigenvalue weighted by molar-refractivity contribution is 5.40. The van der Waals surface area contributed by atoms with Crippen LogP contribution in [0.4, 0.5) is 0 Å². The van der Waals surface area contributed by atoms with E-state index >= 15 is 0 Å². The average Bonchev–Trinajstić information content (AvgIpc) is 2.70. The van der Waals surface area contributed by atoms with Crippen LogP contribution >= 0.6 is 0 Å². The molecule has 0 aliphatic heterocycles. The summed E-state index contributed by atoms with van der Waals surface area (Å²) in [5.74, 6) is 1.88. The summed E-state index contributed by atoms with van der Waals surface area (Å²) in [6, 6.07) is 5.80. The van der Waals surface area contributed by atoms with E-state index in [1.807, 2.05) is 6.07 Å². The third kappa shape index (κ3) is 1.80. The van der Waals surface area contributed by atoms with E-state index < -0.39 is 12.2 Å². The minimum atomic E-state index is -0.565. The Morgan fingerprint density at radius 1 is 1.19 bits per heavy atom. The lowest BCUT2D eigenvalue weighted by atomic mass is 9.55. The van der Waals surface area contributed by atoms with Crippen molar-refractivity contribution in [3.63, 3.8) is 0 Å². The van der Waals surface area contributed by atoms with Gasteiger partial charge in [-0.2, -0.15) is 0 Å². The molecule has 0 spiro atoms. The van der Waals surface area contributed by atoms with E-state index in [1.54, 1.807) is 6.07 Å². The largest absolute Gasteiger partial charge is 0.508 e. The summed E-state index contributed by atoms with van der Waals surface area (Å²) in [4.78, 5) is 0. The lowest BCUT2D eigenvalue weighted by Gasteiger charge is -2.49. The molecule has 114 valence electrons. The summed E-state index contributed by atoms with van der Waals surface area (Å²) >= 11 is 0. The Labute approximate surface area is 125 Å². The predicted molar refractivity (Wildman–Crippen MR) is 80.1 cm³/mol. The van der Waals surface area contributed by atoms with Crippen molar-refractivity contribution in [1.29, 1.82) is 0 Å². The van der Waals surface area contributed by atoms with Gasteiger partial charge in [0, 0.05) is 0 Å². The molecule has 3 aliphatic rings. The molecule has 0 saturated heterocycles. The first-order chi connectivity index (χ1) is 10.0. The summed E-state index contributed by atoms with van der Waals surface area (Å²) in [5.41, 5.74) is 2.57. The zero-order chi connectivity index (χ0) is 14.8. The Morgan fingerprint density at radius 2 is 2.00 bits per heavy atom. The Kier molecular flexibility index (Phi) is 2.89. The molecule has 1 aromatic carbocycles. The summed E-state index contributed by atoms with van der Waals surface area (Å²) in [5, 5.41) is 30.2. The highest BCUT2D eigenvalue weighted by Gasteiger charge is 2.57. The highest BCUT2D eigenvalue weighted by atomic mass is 16.3. The molecule has 0 radical (unpaired) electrons. The quantitative estimate of drug-likeness (QED) is 0.687. The minimum absolute atomic E-state index is 0.116. The SMILES string of the molecule is C[C@@]12CC[C@H]3c4ccc(O)cc4CC[C@H]3[C@@H]1C[C@@H](O)[C@H]2O. The maximum absolute atomic E-state index is 10.4. The Bertz CT molecular complexity index is 570. The van der Waals surface area contributed by atoms with Gasteiger partial charge in [-0.05, 0) is 78.5 Å². The molecule has 3 N–H and O–H groups in total. The molecule has 0 bridgehead atoms. The second-order valence-electron chi connectivity index (χ2n) is 7.59. The lowest BCUT2D eigenvalue weighted by molar-refractivity contribution is -0.0505. The maximum atomic E-state index is 10.4. The summed E-state index contributed by atoms with van der Waals surface area (Å²) < 4.78 is 0. The van der Waals surface area contributed by atoms with Crippen LogP contribution in [-0.2, 0) is 6.42 Å². The topological polar surface area (TPSA) is 60.7 Å². The van der Waals surface area contributed by atoms with Crippen molar-refractivity contribution in [1.82, 2.24) is 0 Å². The first kappa shape index (κ1) is 13.6. The zero-order valence-corrected chi connectivity index (χ0v) is 12.5. The fourth-order valence-corrected chi connectivity index (χ4v) is 5.56. The molecule has 0 heterocycles. The van der Waals surface area contributed by atoms with Gasteiger partial charge in [0.05, 0.1) is 12.2 Å². The van der Waals surface area contributed by atoms with Gasteiger partial charge < -0.3 is 15.3 Å². The molecule has 1 aromatic rings. The van der Waals surface area contributed by atoms with Crippen LogP contribution in [0.25, 0.3) is 0 Å². The number of phenols is 1. The monoisotopic (exact) mass is 288 g/mol. The molecule has 0 unspecified atom stereocenters. The van der Waals surface area contributed by atoms with Gasteiger partial charge in [0.2, 0.25) is 0 Å². The normalized spacial score (nSPS) is 44.8. The van der Waals surface area contributed by atoms with Crippen molar-refractivity contribution in [3.8, 4) is 5.75 Å². The van der Waals surface area contributed by atoms with E-state index in [0.717, 1.165) is 32.1 Å². The maximum Gasteiger partial charge on any atom is 0.115 e. The molecular weight excluding hydrogens is 264 g/mol. The number of fused-ring (bicyclic) bond motifs is 5. The van der Waals surface area contributed by atoms with Gasteiger partial charge in [-0.25, -0.2) is 0 Å². The van der Waals surface area contributed by atoms with E-state index in [-0.39, 0.29) is 5.41 Å².